The maximum atomic E-state index is 9.96. The Morgan fingerprint density at radius 1 is 1.44 bits per heavy atom. The van der Waals surface area contributed by atoms with E-state index in [9.17, 15) is 5.11 Å². The molecule has 0 heterocycles. The maximum Gasteiger partial charge on any atom is 0.119 e. The Bertz CT molecular complexity index is 302. The lowest BCUT2D eigenvalue weighted by molar-refractivity contribution is 0.203. The first-order chi connectivity index (χ1) is 7.77. The van der Waals surface area contributed by atoms with E-state index in [2.05, 4.69) is 6.92 Å². The lowest BCUT2D eigenvalue weighted by Gasteiger charge is -2.11. The summed E-state index contributed by atoms with van der Waals surface area (Å²) in [5.74, 6) is 2.68. The second-order valence-corrected chi connectivity index (χ2v) is 4.87. The quantitative estimate of drug-likeness (QED) is 0.742. The highest BCUT2D eigenvalue weighted by atomic mass is 32.2. The van der Waals surface area contributed by atoms with Crippen LogP contribution in [0.25, 0.3) is 0 Å². The first kappa shape index (κ1) is 13.4. The predicted octanol–water partition coefficient (Wildman–Crippen LogP) is 3.26. The monoisotopic (exact) mass is 240 g/mol. The zero-order valence-corrected chi connectivity index (χ0v) is 10.8. The van der Waals surface area contributed by atoms with Crippen LogP contribution in [0.4, 0.5) is 0 Å². The Kier molecular flexibility index (Phi) is 6.34. The predicted molar refractivity (Wildman–Crippen MR) is 70.2 cm³/mol. The van der Waals surface area contributed by atoms with E-state index in [1.807, 2.05) is 24.3 Å². The fraction of sp³-hybridized carbons (Fsp3) is 0.538. The van der Waals surface area contributed by atoms with E-state index in [0.717, 1.165) is 22.8 Å². The standard InChI is InChI=1S/C13H20O2S/c1-3-4-8-16-10-13(14)11-6-5-7-12(9-11)15-2/h5-7,9,13-14H,3-4,8,10H2,1-2H3. The van der Waals surface area contributed by atoms with Gasteiger partial charge in [-0.25, -0.2) is 0 Å². The van der Waals surface area contributed by atoms with Crippen LogP contribution < -0.4 is 4.74 Å². The van der Waals surface area contributed by atoms with Gasteiger partial charge in [-0.1, -0.05) is 25.5 Å². The van der Waals surface area contributed by atoms with E-state index < -0.39 is 6.10 Å². The molecule has 3 heteroatoms. The summed E-state index contributed by atoms with van der Waals surface area (Å²) in [5.41, 5.74) is 0.934. The molecule has 1 aromatic rings. The topological polar surface area (TPSA) is 29.5 Å². The molecule has 1 aromatic carbocycles. The van der Waals surface area contributed by atoms with Gasteiger partial charge < -0.3 is 9.84 Å². The van der Waals surface area contributed by atoms with Crippen molar-refractivity contribution in [2.24, 2.45) is 0 Å². The maximum absolute atomic E-state index is 9.96. The van der Waals surface area contributed by atoms with Gasteiger partial charge in [-0.2, -0.15) is 11.8 Å². The highest BCUT2D eigenvalue weighted by Gasteiger charge is 2.07. The largest absolute Gasteiger partial charge is 0.497 e. The van der Waals surface area contributed by atoms with Crippen molar-refractivity contribution in [3.8, 4) is 5.75 Å². The number of methoxy groups -OCH3 is 1. The normalized spacial score (nSPS) is 12.4. The van der Waals surface area contributed by atoms with Gasteiger partial charge in [0, 0.05) is 5.75 Å². The smallest absolute Gasteiger partial charge is 0.119 e. The van der Waals surface area contributed by atoms with Crippen LogP contribution in [0.2, 0.25) is 0 Å². The number of rotatable bonds is 7. The Balaban J connectivity index is 2.42. The fourth-order valence-electron chi connectivity index (χ4n) is 1.39. The van der Waals surface area contributed by atoms with Crippen LogP contribution in [0, 0.1) is 0 Å². The lowest BCUT2D eigenvalue weighted by Crippen LogP contribution is -2.01. The second-order valence-electron chi connectivity index (χ2n) is 3.72. The molecule has 0 amide bonds. The molecule has 1 rings (SSSR count). The number of unbranched alkanes of at least 4 members (excludes halogenated alkanes) is 1. The zero-order valence-electron chi connectivity index (χ0n) is 9.98. The lowest BCUT2D eigenvalue weighted by atomic mass is 10.1. The molecule has 1 atom stereocenters. The summed E-state index contributed by atoms with van der Waals surface area (Å²) in [5, 5.41) is 9.96. The van der Waals surface area contributed by atoms with Crippen LogP contribution in [-0.2, 0) is 0 Å². The molecule has 0 aromatic heterocycles. The molecular weight excluding hydrogens is 220 g/mol. The van der Waals surface area contributed by atoms with E-state index in [4.69, 9.17) is 4.74 Å². The number of thioether (sulfide) groups is 1. The van der Waals surface area contributed by atoms with Crippen molar-refractivity contribution in [3.05, 3.63) is 29.8 Å². The molecule has 90 valence electrons. The van der Waals surface area contributed by atoms with Gasteiger partial charge in [-0.3, -0.25) is 0 Å². The van der Waals surface area contributed by atoms with E-state index in [-0.39, 0.29) is 0 Å². The van der Waals surface area contributed by atoms with Crippen LogP contribution >= 0.6 is 11.8 Å². The molecule has 0 aliphatic heterocycles. The average Bonchev–Trinajstić information content (AvgIpc) is 2.34. The molecule has 1 N–H and O–H groups in total. The van der Waals surface area contributed by atoms with Gasteiger partial charge in [0.25, 0.3) is 0 Å². The second kappa shape index (κ2) is 7.58. The first-order valence-corrected chi connectivity index (χ1v) is 6.83. The van der Waals surface area contributed by atoms with Gasteiger partial charge in [0.1, 0.15) is 5.75 Å². The number of hydrogen-bond acceptors (Lipinski definition) is 3. The van der Waals surface area contributed by atoms with Crippen molar-refractivity contribution in [2.75, 3.05) is 18.6 Å². The molecule has 0 aliphatic carbocycles. The molecule has 0 saturated heterocycles. The number of benzene rings is 1. The fourth-order valence-corrected chi connectivity index (χ4v) is 2.46. The van der Waals surface area contributed by atoms with Crippen molar-refractivity contribution in [1.29, 1.82) is 0 Å². The van der Waals surface area contributed by atoms with Crippen molar-refractivity contribution < 1.29 is 9.84 Å². The Morgan fingerprint density at radius 2 is 2.25 bits per heavy atom. The van der Waals surface area contributed by atoms with Crippen molar-refractivity contribution in [2.45, 2.75) is 25.9 Å². The van der Waals surface area contributed by atoms with Gasteiger partial charge in [0.05, 0.1) is 13.2 Å². The van der Waals surface area contributed by atoms with Crippen LogP contribution in [0.15, 0.2) is 24.3 Å². The number of aliphatic hydroxyl groups excluding tert-OH is 1. The van der Waals surface area contributed by atoms with Gasteiger partial charge in [-0.15, -0.1) is 0 Å². The molecule has 2 nitrogen and oxygen atoms in total. The van der Waals surface area contributed by atoms with E-state index >= 15 is 0 Å². The van der Waals surface area contributed by atoms with E-state index in [1.165, 1.54) is 12.8 Å². The highest BCUT2D eigenvalue weighted by Crippen LogP contribution is 2.22. The zero-order chi connectivity index (χ0) is 11.8. The average molecular weight is 240 g/mol. The van der Waals surface area contributed by atoms with Crippen LogP contribution in [0.1, 0.15) is 31.4 Å². The van der Waals surface area contributed by atoms with Gasteiger partial charge >= 0.3 is 0 Å². The van der Waals surface area contributed by atoms with Crippen molar-refractivity contribution >= 4 is 11.8 Å². The summed E-state index contributed by atoms with van der Waals surface area (Å²) in [6, 6.07) is 7.63. The molecule has 0 radical (unpaired) electrons. The molecule has 0 saturated carbocycles. The minimum Gasteiger partial charge on any atom is -0.497 e. The highest BCUT2D eigenvalue weighted by molar-refractivity contribution is 7.99. The summed E-state index contributed by atoms with van der Waals surface area (Å²) in [6.07, 6.45) is 2.04. The minimum absolute atomic E-state index is 0.392. The third-order valence-electron chi connectivity index (χ3n) is 2.40. The Labute approximate surface area is 102 Å². The van der Waals surface area contributed by atoms with Gasteiger partial charge in [-0.05, 0) is 29.9 Å². The van der Waals surface area contributed by atoms with E-state index in [1.54, 1.807) is 18.9 Å². The molecule has 0 bridgehead atoms. The van der Waals surface area contributed by atoms with Crippen molar-refractivity contribution in [3.63, 3.8) is 0 Å². The van der Waals surface area contributed by atoms with Crippen LogP contribution in [0.5, 0.6) is 5.75 Å². The third kappa shape index (κ3) is 4.45. The molecule has 0 aliphatic rings. The molecule has 0 fully saturated rings. The number of ether oxygens (including phenoxy) is 1. The van der Waals surface area contributed by atoms with Crippen molar-refractivity contribution in [1.82, 2.24) is 0 Å². The first-order valence-electron chi connectivity index (χ1n) is 5.67. The Hall–Kier alpha value is -0.670. The summed E-state index contributed by atoms with van der Waals surface area (Å²) in [4.78, 5) is 0. The number of aliphatic hydroxyl groups is 1. The van der Waals surface area contributed by atoms with Crippen LogP contribution in [0.3, 0.4) is 0 Å². The Morgan fingerprint density at radius 3 is 2.94 bits per heavy atom. The minimum atomic E-state index is -0.392. The third-order valence-corrected chi connectivity index (χ3v) is 3.53. The summed E-state index contributed by atoms with van der Waals surface area (Å²) < 4.78 is 5.13. The number of hydrogen-bond donors (Lipinski definition) is 1. The summed E-state index contributed by atoms with van der Waals surface area (Å²) in [7, 11) is 1.64. The molecule has 16 heavy (non-hydrogen) atoms. The van der Waals surface area contributed by atoms with Gasteiger partial charge in [0.15, 0.2) is 0 Å². The molecule has 0 spiro atoms. The summed E-state index contributed by atoms with van der Waals surface area (Å²) >= 11 is 1.80. The molecule has 1 unspecified atom stereocenters. The van der Waals surface area contributed by atoms with Gasteiger partial charge in [0.2, 0.25) is 0 Å². The SMILES string of the molecule is CCCCSCC(O)c1cccc(OC)c1. The molecular formula is C13H20O2S. The van der Waals surface area contributed by atoms with E-state index in [0.29, 0.717) is 0 Å². The van der Waals surface area contributed by atoms with Crippen LogP contribution in [-0.4, -0.2) is 23.7 Å². The summed E-state index contributed by atoms with van der Waals surface area (Å²) in [6.45, 7) is 2.18.